The van der Waals surface area contributed by atoms with Gasteiger partial charge in [0.05, 0.1) is 17.5 Å². The molecule has 5 nitrogen and oxygen atoms in total. The number of nitrogens with two attached hydrogens (primary N) is 1. The molecule has 21 heavy (non-hydrogen) atoms. The van der Waals surface area contributed by atoms with Crippen molar-refractivity contribution in [1.29, 1.82) is 0 Å². The Kier molecular flexibility index (Phi) is 2.76. The second-order valence-corrected chi connectivity index (χ2v) is 6.46. The Hall–Kier alpha value is -1.62. The number of rotatable bonds is 2. The third-order valence-electron chi connectivity index (χ3n) is 5.06. The lowest BCUT2D eigenvalue weighted by molar-refractivity contribution is 0.0754. The highest BCUT2D eigenvalue weighted by Crippen LogP contribution is 2.45. The van der Waals surface area contributed by atoms with Crippen LogP contribution in [-0.2, 0) is 4.74 Å². The first kappa shape index (κ1) is 13.1. The molecule has 2 N–H and O–H groups in total. The van der Waals surface area contributed by atoms with Gasteiger partial charge in [-0.3, -0.25) is 0 Å². The Labute approximate surface area is 124 Å². The minimum atomic E-state index is 0.343. The molecule has 2 aromatic rings. The van der Waals surface area contributed by atoms with Crippen LogP contribution in [0.1, 0.15) is 42.4 Å². The molecule has 1 aliphatic heterocycles. The van der Waals surface area contributed by atoms with E-state index in [1.807, 2.05) is 6.92 Å². The zero-order chi connectivity index (χ0) is 14.7. The number of anilines is 1. The fourth-order valence-corrected chi connectivity index (χ4v) is 3.79. The molecule has 0 bridgehead atoms. The van der Waals surface area contributed by atoms with Crippen LogP contribution in [0.3, 0.4) is 0 Å². The number of hydrogen-bond acceptors (Lipinski definition) is 4. The maximum atomic E-state index is 6.15. The maximum Gasteiger partial charge on any atom is 0.146 e. The van der Waals surface area contributed by atoms with Crippen LogP contribution < -0.4 is 5.73 Å². The van der Waals surface area contributed by atoms with Crippen molar-refractivity contribution in [1.82, 2.24) is 14.5 Å². The van der Waals surface area contributed by atoms with Crippen LogP contribution in [0, 0.1) is 26.7 Å². The Morgan fingerprint density at radius 2 is 1.90 bits per heavy atom. The van der Waals surface area contributed by atoms with Crippen molar-refractivity contribution < 1.29 is 4.74 Å². The van der Waals surface area contributed by atoms with Gasteiger partial charge in [-0.2, -0.15) is 0 Å². The lowest BCUT2D eigenvalue weighted by atomic mass is 10.1. The van der Waals surface area contributed by atoms with Crippen LogP contribution >= 0.6 is 0 Å². The smallest absolute Gasteiger partial charge is 0.146 e. The number of hydrogen-bond donors (Lipinski definition) is 1. The highest BCUT2D eigenvalue weighted by Gasteiger charge is 2.42. The largest absolute Gasteiger partial charge is 0.383 e. The molecule has 2 unspecified atom stereocenters. The molecular weight excluding hydrogens is 264 g/mol. The van der Waals surface area contributed by atoms with E-state index in [0.29, 0.717) is 18.0 Å². The molecule has 0 amide bonds. The topological polar surface area (TPSA) is 66.0 Å². The molecular formula is C16H22N4O. The minimum Gasteiger partial charge on any atom is -0.383 e. The van der Waals surface area contributed by atoms with Crippen LogP contribution in [0.5, 0.6) is 0 Å². The van der Waals surface area contributed by atoms with Gasteiger partial charge in [0.25, 0.3) is 0 Å². The predicted molar refractivity (Wildman–Crippen MR) is 82.3 cm³/mol. The monoisotopic (exact) mass is 286 g/mol. The van der Waals surface area contributed by atoms with E-state index in [2.05, 4.69) is 23.4 Å². The molecule has 1 saturated heterocycles. The SMILES string of the molecule is Cc1nc(N)c2c(C)c(C)n(C3CCOC3C3CC3)c2n1. The zero-order valence-corrected chi connectivity index (χ0v) is 12.9. The van der Waals surface area contributed by atoms with E-state index in [-0.39, 0.29) is 0 Å². The van der Waals surface area contributed by atoms with Gasteiger partial charge in [0.15, 0.2) is 0 Å². The Bertz CT molecular complexity index is 717. The average Bonchev–Trinajstić information content (AvgIpc) is 3.11. The molecule has 1 aliphatic carbocycles. The lowest BCUT2D eigenvalue weighted by Gasteiger charge is -2.22. The molecule has 0 radical (unpaired) electrons. The van der Waals surface area contributed by atoms with Gasteiger partial charge in [-0.25, -0.2) is 9.97 Å². The van der Waals surface area contributed by atoms with Crippen molar-refractivity contribution in [3.63, 3.8) is 0 Å². The molecule has 0 aromatic carbocycles. The van der Waals surface area contributed by atoms with Crippen LogP contribution in [-0.4, -0.2) is 27.2 Å². The number of fused-ring (bicyclic) bond motifs is 1. The molecule has 1 saturated carbocycles. The van der Waals surface area contributed by atoms with Crippen LogP contribution in [0.25, 0.3) is 11.0 Å². The summed E-state index contributed by atoms with van der Waals surface area (Å²) >= 11 is 0. The molecule has 2 fully saturated rings. The summed E-state index contributed by atoms with van der Waals surface area (Å²) in [5, 5.41) is 1.01. The summed E-state index contributed by atoms with van der Waals surface area (Å²) in [7, 11) is 0. The fraction of sp³-hybridized carbons (Fsp3) is 0.625. The van der Waals surface area contributed by atoms with Gasteiger partial charge in [-0.15, -0.1) is 0 Å². The quantitative estimate of drug-likeness (QED) is 0.921. The van der Waals surface area contributed by atoms with E-state index in [1.54, 1.807) is 0 Å². The third-order valence-corrected chi connectivity index (χ3v) is 5.06. The van der Waals surface area contributed by atoms with Crippen molar-refractivity contribution in [3.8, 4) is 0 Å². The highest BCUT2D eigenvalue weighted by atomic mass is 16.5. The van der Waals surface area contributed by atoms with Crippen molar-refractivity contribution in [2.45, 2.75) is 52.2 Å². The minimum absolute atomic E-state index is 0.343. The number of ether oxygens (including phenoxy) is 1. The Morgan fingerprint density at radius 3 is 2.62 bits per heavy atom. The molecule has 2 aliphatic rings. The normalized spacial score (nSPS) is 25.9. The van der Waals surface area contributed by atoms with Gasteiger partial charge < -0.3 is 15.0 Å². The molecule has 4 rings (SSSR count). The summed E-state index contributed by atoms with van der Waals surface area (Å²) in [6, 6.07) is 0.391. The van der Waals surface area contributed by atoms with Gasteiger partial charge in [-0.1, -0.05) is 0 Å². The van der Waals surface area contributed by atoms with Crippen molar-refractivity contribution in [2.24, 2.45) is 5.92 Å². The van der Waals surface area contributed by atoms with Gasteiger partial charge in [0, 0.05) is 12.3 Å². The van der Waals surface area contributed by atoms with E-state index in [0.717, 1.165) is 35.8 Å². The average molecular weight is 286 g/mol. The summed E-state index contributed by atoms with van der Waals surface area (Å²) in [4.78, 5) is 9.03. The maximum absolute atomic E-state index is 6.15. The molecule has 112 valence electrons. The van der Waals surface area contributed by atoms with E-state index in [1.165, 1.54) is 24.1 Å². The van der Waals surface area contributed by atoms with Crippen molar-refractivity contribution in [2.75, 3.05) is 12.3 Å². The first-order valence-corrected chi connectivity index (χ1v) is 7.80. The molecule has 2 aromatic heterocycles. The van der Waals surface area contributed by atoms with Gasteiger partial charge in [0.1, 0.15) is 17.3 Å². The summed E-state index contributed by atoms with van der Waals surface area (Å²) < 4.78 is 8.39. The summed E-state index contributed by atoms with van der Waals surface area (Å²) in [5.41, 5.74) is 9.58. The summed E-state index contributed by atoms with van der Waals surface area (Å²) in [6.45, 7) is 7.03. The van der Waals surface area contributed by atoms with E-state index >= 15 is 0 Å². The van der Waals surface area contributed by atoms with Gasteiger partial charge >= 0.3 is 0 Å². The van der Waals surface area contributed by atoms with Gasteiger partial charge in [-0.05, 0) is 51.5 Å². The molecule has 0 spiro atoms. The first-order chi connectivity index (χ1) is 10.1. The summed E-state index contributed by atoms with van der Waals surface area (Å²) in [6.07, 6.45) is 4.01. The molecule has 3 heterocycles. The number of aryl methyl sites for hydroxylation is 2. The van der Waals surface area contributed by atoms with Crippen LogP contribution in [0.2, 0.25) is 0 Å². The molecule has 5 heteroatoms. The van der Waals surface area contributed by atoms with Crippen molar-refractivity contribution >= 4 is 16.9 Å². The lowest BCUT2D eigenvalue weighted by Crippen LogP contribution is -2.23. The zero-order valence-electron chi connectivity index (χ0n) is 12.9. The van der Waals surface area contributed by atoms with E-state index in [9.17, 15) is 0 Å². The predicted octanol–water partition coefficient (Wildman–Crippen LogP) is 2.68. The van der Waals surface area contributed by atoms with Crippen molar-refractivity contribution in [3.05, 3.63) is 17.1 Å². The Balaban J connectivity index is 1.93. The fourth-order valence-electron chi connectivity index (χ4n) is 3.79. The number of aromatic nitrogens is 3. The van der Waals surface area contributed by atoms with E-state index in [4.69, 9.17) is 15.5 Å². The van der Waals surface area contributed by atoms with Gasteiger partial charge in [0.2, 0.25) is 0 Å². The molecule has 2 atom stereocenters. The summed E-state index contributed by atoms with van der Waals surface area (Å²) in [5.74, 6) is 2.06. The van der Waals surface area contributed by atoms with E-state index < -0.39 is 0 Å². The highest BCUT2D eigenvalue weighted by molar-refractivity contribution is 5.91. The number of nitrogen functional groups attached to an aromatic ring is 1. The standard InChI is InChI=1S/C16H22N4O/c1-8-9(2)20(12-6-7-21-14(12)11-4-5-11)16-13(8)15(17)18-10(3)19-16/h11-12,14H,4-7H2,1-3H3,(H2,17,18,19). The number of nitrogens with zero attached hydrogens (tertiary/aromatic N) is 3. The second kappa shape index (κ2) is 4.44. The second-order valence-electron chi connectivity index (χ2n) is 6.46. The van der Waals surface area contributed by atoms with Crippen LogP contribution in [0.4, 0.5) is 5.82 Å². The Morgan fingerprint density at radius 1 is 1.14 bits per heavy atom. The van der Waals surface area contributed by atoms with Crippen LogP contribution in [0.15, 0.2) is 0 Å². The first-order valence-electron chi connectivity index (χ1n) is 7.80. The third kappa shape index (κ3) is 1.87.